The predicted molar refractivity (Wildman–Crippen MR) is 94.0 cm³/mol. The van der Waals surface area contributed by atoms with Gasteiger partial charge in [0.1, 0.15) is 10.6 Å². The Morgan fingerprint density at radius 2 is 2.08 bits per heavy atom. The number of carboxylic acids is 1. The topological polar surface area (TPSA) is 97.4 Å². The number of aryl methyl sites for hydroxylation is 2. The summed E-state index contributed by atoms with van der Waals surface area (Å²) < 4.78 is 31.0. The second kappa shape index (κ2) is 5.82. The molecule has 8 nitrogen and oxygen atoms in total. The fourth-order valence-electron chi connectivity index (χ4n) is 4.05. The van der Waals surface area contributed by atoms with Gasteiger partial charge in [-0.3, -0.25) is 4.68 Å². The Hall–Kier alpha value is -2.39. The summed E-state index contributed by atoms with van der Waals surface area (Å²) in [5.74, 6) is -1.14. The molecular formula is C17H20N4O4S. The quantitative estimate of drug-likeness (QED) is 0.871. The smallest absolute Gasteiger partial charge is 0.352 e. The third kappa shape index (κ3) is 2.50. The summed E-state index contributed by atoms with van der Waals surface area (Å²) in [6, 6.07) is 2.84. The molecule has 2 unspecified atom stereocenters. The number of sulfonamides is 1. The molecule has 4 rings (SSSR count). The van der Waals surface area contributed by atoms with Gasteiger partial charge in [-0.05, 0) is 37.0 Å². The number of fused-ring (bicyclic) bond motifs is 2. The van der Waals surface area contributed by atoms with Crippen LogP contribution in [-0.2, 0) is 24.1 Å². The van der Waals surface area contributed by atoms with Crippen LogP contribution in [0.1, 0.15) is 35.4 Å². The first-order valence-corrected chi connectivity index (χ1v) is 9.85. The molecule has 0 aromatic carbocycles. The maximum absolute atomic E-state index is 13.2. The van der Waals surface area contributed by atoms with E-state index in [-0.39, 0.29) is 22.7 Å². The Balaban J connectivity index is 1.71. The summed E-state index contributed by atoms with van der Waals surface area (Å²) in [4.78, 5) is 11.3. The largest absolute Gasteiger partial charge is 0.477 e. The van der Waals surface area contributed by atoms with E-state index in [4.69, 9.17) is 0 Å². The molecule has 0 aliphatic carbocycles. The summed E-state index contributed by atoms with van der Waals surface area (Å²) in [6.07, 6.45) is 7.31. The summed E-state index contributed by atoms with van der Waals surface area (Å²) in [7, 11) is -0.344. The van der Waals surface area contributed by atoms with Crippen molar-refractivity contribution in [3.05, 3.63) is 42.0 Å². The van der Waals surface area contributed by atoms with Gasteiger partial charge < -0.3 is 9.67 Å². The van der Waals surface area contributed by atoms with Crippen molar-refractivity contribution in [2.24, 2.45) is 14.1 Å². The van der Waals surface area contributed by atoms with Crippen molar-refractivity contribution >= 4 is 21.6 Å². The second-order valence-corrected chi connectivity index (χ2v) is 8.69. The van der Waals surface area contributed by atoms with Crippen LogP contribution in [0.15, 0.2) is 35.5 Å². The molecule has 0 spiro atoms. The lowest BCUT2D eigenvalue weighted by Gasteiger charge is -2.32. The minimum Gasteiger partial charge on any atom is -0.477 e. The zero-order valence-electron chi connectivity index (χ0n) is 14.5. The lowest BCUT2D eigenvalue weighted by Crippen LogP contribution is -2.42. The Kier molecular flexibility index (Phi) is 3.81. The number of carbonyl (C=O) groups is 1. The molecule has 2 aliphatic heterocycles. The van der Waals surface area contributed by atoms with Crippen molar-refractivity contribution in [2.75, 3.05) is 0 Å². The van der Waals surface area contributed by atoms with Gasteiger partial charge in [0.15, 0.2) is 0 Å². The van der Waals surface area contributed by atoms with E-state index in [1.807, 2.05) is 19.2 Å². The van der Waals surface area contributed by atoms with E-state index >= 15 is 0 Å². The average molecular weight is 376 g/mol. The van der Waals surface area contributed by atoms with Crippen LogP contribution in [0.4, 0.5) is 0 Å². The molecule has 0 saturated carbocycles. The van der Waals surface area contributed by atoms with Crippen molar-refractivity contribution in [3.8, 4) is 0 Å². The van der Waals surface area contributed by atoms with Gasteiger partial charge in [-0.2, -0.15) is 9.40 Å². The Morgan fingerprint density at radius 1 is 1.31 bits per heavy atom. The Bertz CT molecular complexity index is 1020. The molecule has 4 heterocycles. The van der Waals surface area contributed by atoms with Gasteiger partial charge in [-0.25, -0.2) is 13.2 Å². The van der Waals surface area contributed by atoms with Gasteiger partial charge in [0.2, 0.25) is 10.0 Å². The Morgan fingerprint density at radius 3 is 2.65 bits per heavy atom. The average Bonchev–Trinajstić information content (AvgIpc) is 3.24. The van der Waals surface area contributed by atoms with Crippen LogP contribution < -0.4 is 0 Å². The van der Waals surface area contributed by atoms with E-state index in [9.17, 15) is 18.3 Å². The van der Waals surface area contributed by atoms with E-state index in [1.54, 1.807) is 15.2 Å². The molecule has 2 aliphatic rings. The lowest BCUT2D eigenvalue weighted by atomic mass is 10.0. The van der Waals surface area contributed by atoms with Gasteiger partial charge in [-0.1, -0.05) is 6.08 Å². The van der Waals surface area contributed by atoms with Gasteiger partial charge in [0.05, 0.1) is 5.69 Å². The predicted octanol–water partition coefficient (Wildman–Crippen LogP) is 1.47. The number of rotatable bonds is 4. The molecular weight excluding hydrogens is 356 g/mol. The first-order chi connectivity index (χ1) is 12.3. The van der Waals surface area contributed by atoms with Crippen molar-refractivity contribution < 1.29 is 18.3 Å². The van der Waals surface area contributed by atoms with Crippen LogP contribution >= 0.6 is 0 Å². The molecule has 9 heteroatoms. The normalized spacial score (nSPS) is 23.2. The standard InChI is InChI=1S/C17H20N4O4S/c1-19-10-14(9-16(19)17(22)23)26(24,25)21-12-3-4-13(21)8-11(7-12)15-5-6-18-20(15)2/h5-7,9-10,12-13H,3-4,8H2,1-2H3,(H,22,23). The summed E-state index contributed by atoms with van der Waals surface area (Å²) in [5.41, 5.74) is 2.08. The maximum Gasteiger partial charge on any atom is 0.352 e. The number of aromatic nitrogens is 3. The molecule has 2 bridgehead atoms. The molecule has 1 N–H and O–H groups in total. The molecule has 2 aromatic rings. The molecule has 0 amide bonds. The van der Waals surface area contributed by atoms with Gasteiger partial charge in [-0.15, -0.1) is 0 Å². The third-order valence-corrected chi connectivity index (χ3v) is 7.20. The van der Waals surface area contributed by atoms with E-state index < -0.39 is 16.0 Å². The van der Waals surface area contributed by atoms with Crippen LogP contribution in [0, 0.1) is 0 Å². The molecule has 2 atom stereocenters. The van der Waals surface area contributed by atoms with Gasteiger partial charge >= 0.3 is 5.97 Å². The van der Waals surface area contributed by atoms with Crippen molar-refractivity contribution in [1.82, 2.24) is 18.7 Å². The number of nitrogens with zero attached hydrogens (tertiary/aromatic N) is 4. The highest BCUT2D eigenvalue weighted by Gasteiger charge is 2.45. The monoisotopic (exact) mass is 376 g/mol. The van der Waals surface area contributed by atoms with E-state index in [2.05, 4.69) is 5.10 Å². The number of aromatic carboxylic acids is 1. The highest BCUT2D eigenvalue weighted by atomic mass is 32.2. The van der Waals surface area contributed by atoms with Crippen LogP contribution in [0.25, 0.3) is 5.57 Å². The minimum atomic E-state index is -3.75. The summed E-state index contributed by atoms with van der Waals surface area (Å²) in [6.45, 7) is 0. The van der Waals surface area contributed by atoms with Crippen LogP contribution in [0.5, 0.6) is 0 Å². The van der Waals surface area contributed by atoms with Crippen molar-refractivity contribution in [3.63, 3.8) is 0 Å². The summed E-state index contributed by atoms with van der Waals surface area (Å²) >= 11 is 0. The van der Waals surface area contributed by atoms with Crippen LogP contribution in [-0.4, -0.2) is 50.2 Å². The SMILES string of the molecule is Cn1cc(S(=O)(=O)N2C3C=C(c4ccnn4C)CC2CC3)cc1C(=O)O. The highest BCUT2D eigenvalue weighted by molar-refractivity contribution is 7.89. The number of carboxylic acid groups (broad SMARTS) is 1. The van der Waals surface area contributed by atoms with Gasteiger partial charge in [0.25, 0.3) is 0 Å². The molecule has 138 valence electrons. The number of hydrogen-bond acceptors (Lipinski definition) is 4. The highest BCUT2D eigenvalue weighted by Crippen LogP contribution is 2.41. The van der Waals surface area contributed by atoms with E-state index in [0.29, 0.717) is 6.42 Å². The fraction of sp³-hybridized carbons (Fsp3) is 0.412. The first kappa shape index (κ1) is 17.0. The maximum atomic E-state index is 13.2. The van der Waals surface area contributed by atoms with E-state index in [0.717, 1.165) is 24.1 Å². The van der Waals surface area contributed by atoms with Crippen molar-refractivity contribution in [2.45, 2.75) is 36.2 Å². The van der Waals surface area contributed by atoms with Crippen molar-refractivity contribution in [1.29, 1.82) is 0 Å². The molecule has 2 aromatic heterocycles. The van der Waals surface area contributed by atoms with E-state index in [1.165, 1.54) is 23.9 Å². The Labute approximate surface area is 151 Å². The molecule has 1 fully saturated rings. The lowest BCUT2D eigenvalue weighted by molar-refractivity contribution is 0.0686. The molecule has 1 saturated heterocycles. The minimum absolute atomic E-state index is 0.0340. The zero-order valence-corrected chi connectivity index (χ0v) is 15.3. The van der Waals surface area contributed by atoms with Gasteiger partial charge in [0, 0.05) is 38.6 Å². The van der Waals surface area contributed by atoms with Crippen LogP contribution in [0.2, 0.25) is 0 Å². The third-order valence-electron chi connectivity index (χ3n) is 5.26. The molecule has 0 radical (unpaired) electrons. The first-order valence-electron chi connectivity index (χ1n) is 8.41. The van der Waals surface area contributed by atoms with Crippen LogP contribution in [0.3, 0.4) is 0 Å². The fourth-order valence-corrected chi connectivity index (χ4v) is 5.94. The zero-order chi connectivity index (χ0) is 18.6. The second-order valence-electron chi connectivity index (χ2n) is 6.85. The summed E-state index contributed by atoms with van der Waals surface area (Å²) in [5, 5.41) is 13.4. The molecule has 26 heavy (non-hydrogen) atoms. The number of hydrogen-bond donors (Lipinski definition) is 1.